The second-order valence-corrected chi connectivity index (χ2v) is 6.83. The highest BCUT2D eigenvalue weighted by molar-refractivity contribution is 7.71. The summed E-state index contributed by atoms with van der Waals surface area (Å²) in [5.74, 6) is 1.83. The lowest BCUT2D eigenvalue weighted by atomic mass is 10.2. The van der Waals surface area contributed by atoms with Crippen molar-refractivity contribution in [2.45, 2.75) is 46.1 Å². The van der Waals surface area contributed by atoms with Gasteiger partial charge in [0.25, 0.3) is 0 Å². The molecule has 6 nitrogen and oxygen atoms in total. The van der Waals surface area contributed by atoms with E-state index in [1.165, 1.54) is 0 Å². The number of halogens is 1. The van der Waals surface area contributed by atoms with Crippen molar-refractivity contribution < 1.29 is 0 Å². The zero-order chi connectivity index (χ0) is 15.9. The van der Waals surface area contributed by atoms with Crippen molar-refractivity contribution in [1.29, 1.82) is 0 Å². The van der Waals surface area contributed by atoms with Gasteiger partial charge in [-0.05, 0) is 37.9 Å². The van der Waals surface area contributed by atoms with Crippen LogP contribution in [0.1, 0.15) is 49.7 Å². The lowest BCUT2D eigenvalue weighted by Crippen LogP contribution is -2.06. The van der Waals surface area contributed by atoms with Gasteiger partial charge >= 0.3 is 0 Å². The summed E-state index contributed by atoms with van der Waals surface area (Å²) in [5.41, 5.74) is 1.68. The molecule has 0 atom stereocenters. The molecule has 1 aliphatic rings. The highest BCUT2D eigenvalue weighted by Gasteiger charge is 2.29. The maximum atomic E-state index is 6.42. The summed E-state index contributed by atoms with van der Waals surface area (Å²) in [6.07, 6.45) is 4.00. The maximum absolute atomic E-state index is 6.42. The minimum absolute atomic E-state index is 0.463. The SMILES string of the molecule is Cc1nn(CC(C)C)c(Cl)c1C=Nn1c(C2CC2)n[nH]c1=S. The van der Waals surface area contributed by atoms with E-state index in [-0.39, 0.29) is 0 Å². The zero-order valence-electron chi connectivity index (χ0n) is 12.9. The Bertz CT molecular complexity index is 765. The van der Waals surface area contributed by atoms with Gasteiger partial charge in [0, 0.05) is 12.5 Å². The minimum atomic E-state index is 0.463. The predicted molar refractivity (Wildman–Crippen MR) is 89.2 cm³/mol. The lowest BCUT2D eigenvalue weighted by Gasteiger charge is -2.05. The monoisotopic (exact) mass is 338 g/mol. The molecule has 1 saturated carbocycles. The molecule has 0 aromatic carbocycles. The summed E-state index contributed by atoms with van der Waals surface area (Å²) in [6, 6.07) is 0. The third-order valence-electron chi connectivity index (χ3n) is 3.57. The lowest BCUT2D eigenvalue weighted by molar-refractivity contribution is 0.482. The highest BCUT2D eigenvalue weighted by atomic mass is 35.5. The van der Waals surface area contributed by atoms with Gasteiger partial charge in [0.1, 0.15) is 5.15 Å². The van der Waals surface area contributed by atoms with E-state index < -0.39 is 0 Å². The number of nitrogens with one attached hydrogen (secondary N) is 1. The smallest absolute Gasteiger partial charge is 0.216 e. The number of hydrogen-bond donors (Lipinski definition) is 1. The molecule has 0 spiro atoms. The molecule has 2 aromatic rings. The van der Waals surface area contributed by atoms with Crippen molar-refractivity contribution in [3.05, 3.63) is 27.0 Å². The second kappa shape index (κ2) is 5.96. The van der Waals surface area contributed by atoms with Crippen molar-refractivity contribution in [3.63, 3.8) is 0 Å². The predicted octanol–water partition coefficient (Wildman–Crippen LogP) is 3.51. The van der Waals surface area contributed by atoms with Gasteiger partial charge in [0.15, 0.2) is 5.82 Å². The Morgan fingerprint density at radius 1 is 1.50 bits per heavy atom. The van der Waals surface area contributed by atoms with E-state index in [4.69, 9.17) is 23.8 Å². The van der Waals surface area contributed by atoms with Crippen LogP contribution in [0.15, 0.2) is 5.10 Å². The highest BCUT2D eigenvalue weighted by Crippen LogP contribution is 2.38. The first-order chi connectivity index (χ1) is 10.5. The largest absolute Gasteiger partial charge is 0.253 e. The summed E-state index contributed by atoms with van der Waals surface area (Å²) < 4.78 is 4.00. The van der Waals surface area contributed by atoms with Gasteiger partial charge in [-0.25, -0.2) is 0 Å². The van der Waals surface area contributed by atoms with E-state index in [0.29, 0.717) is 21.8 Å². The summed E-state index contributed by atoms with van der Waals surface area (Å²) >= 11 is 11.7. The number of aromatic amines is 1. The van der Waals surface area contributed by atoms with Crippen LogP contribution in [-0.4, -0.2) is 30.9 Å². The van der Waals surface area contributed by atoms with Gasteiger partial charge in [-0.2, -0.15) is 20.0 Å². The molecule has 1 N–H and O–H groups in total. The quantitative estimate of drug-likeness (QED) is 0.670. The number of aryl methyl sites for hydroxylation is 1. The van der Waals surface area contributed by atoms with Crippen LogP contribution < -0.4 is 0 Å². The summed E-state index contributed by atoms with van der Waals surface area (Å²) in [6.45, 7) is 6.98. The fourth-order valence-electron chi connectivity index (χ4n) is 2.32. The van der Waals surface area contributed by atoms with Crippen molar-refractivity contribution in [3.8, 4) is 0 Å². The van der Waals surface area contributed by atoms with Crippen LogP contribution in [0, 0.1) is 17.6 Å². The zero-order valence-corrected chi connectivity index (χ0v) is 14.4. The van der Waals surface area contributed by atoms with Crippen LogP contribution in [0.2, 0.25) is 5.15 Å². The van der Waals surface area contributed by atoms with Gasteiger partial charge in [-0.1, -0.05) is 25.4 Å². The van der Waals surface area contributed by atoms with Crippen molar-refractivity contribution >= 4 is 30.0 Å². The molecule has 8 heteroatoms. The van der Waals surface area contributed by atoms with Crippen LogP contribution in [-0.2, 0) is 6.54 Å². The Labute approximate surface area is 139 Å². The van der Waals surface area contributed by atoms with E-state index in [9.17, 15) is 0 Å². The number of hydrogen-bond acceptors (Lipinski definition) is 4. The molecule has 0 bridgehead atoms. The Kier molecular flexibility index (Phi) is 4.18. The first-order valence-electron chi connectivity index (χ1n) is 7.42. The maximum Gasteiger partial charge on any atom is 0.216 e. The molecule has 118 valence electrons. The van der Waals surface area contributed by atoms with Gasteiger partial charge in [-0.3, -0.25) is 9.78 Å². The van der Waals surface area contributed by atoms with Gasteiger partial charge in [-0.15, -0.1) is 0 Å². The van der Waals surface area contributed by atoms with E-state index >= 15 is 0 Å². The third kappa shape index (κ3) is 3.01. The second-order valence-electron chi connectivity index (χ2n) is 6.08. The van der Waals surface area contributed by atoms with Crippen LogP contribution in [0.25, 0.3) is 0 Å². The fraction of sp³-hybridized carbons (Fsp3) is 0.571. The van der Waals surface area contributed by atoms with Gasteiger partial charge in [0.05, 0.1) is 17.5 Å². The molecular formula is C14H19ClN6S. The van der Waals surface area contributed by atoms with Crippen LogP contribution >= 0.6 is 23.8 Å². The summed E-state index contributed by atoms with van der Waals surface area (Å²) in [7, 11) is 0. The van der Waals surface area contributed by atoms with Gasteiger partial charge in [0.2, 0.25) is 4.77 Å². The average molecular weight is 339 g/mol. The summed E-state index contributed by atoms with van der Waals surface area (Å²) in [5, 5.41) is 16.6. The molecule has 2 aromatic heterocycles. The minimum Gasteiger partial charge on any atom is -0.253 e. The molecule has 2 heterocycles. The Morgan fingerprint density at radius 3 is 2.86 bits per heavy atom. The van der Waals surface area contributed by atoms with Crippen LogP contribution in [0.3, 0.4) is 0 Å². The number of aromatic nitrogens is 5. The topological polar surface area (TPSA) is 63.8 Å². The molecular weight excluding hydrogens is 320 g/mol. The number of H-pyrrole nitrogens is 1. The van der Waals surface area contributed by atoms with E-state index in [2.05, 4.69) is 34.2 Å². The molecule has 1 fully saturated rings. The average Bonchev–Trinajstić information content (AvgIpc) is 3.17. The first-order valence-corrected chi connectivity index (χ1v) is 8.20. The number of rotatable bonds is 5. The summed E-state index contributed by atoms with van der Waals surface area (Å²) in [4.78, 5) is 0. The van der Waals surface area contributed by atoms with Gasteiger partial charge < -0.3 is 0 Å². The Balaban J connectivity index is 1.91. The molecule has 3 rings (SSSR count). The normalized spacial score (nSPS) is 15.3. The van der Waals surface area contributed by atoms with Crippen molar-refractivity contribution in [1.82, 2.24) is 24.7 Å². The molecule has 0 radical (unpaired) electrons. The van der Waals surface area contributed by atoms with Crippen LogP contribution in [0.4, 0.5) is 0 Å². The third-order valence-corrected chi connectivity index (χ3v) is 4.23. The van der Waals surface area contributed by atoms with Crippen LogP contribution in [0.5, 0.6) is 0 Å². The Hall–Kier alpha value is -1.47. The molecule has 0 aliphatic heterocycles. The molecule has 0 unspecified atom stereocenters. The molecule has 1 aliphatic carbocycles. The number of nitrogens with zero attached hydrogens (tertiary/aromatic N) is 5. The molecule has 0 amide bonds. The van der Waals surface area contributed by atoms with E-state index in [1.54, 1.807) is 10.9 Å². The fourth-order valence-corrected chi connectivity index (χ4v) is 2.80. The molecule has 0 saturated heterocycles. The van der Waals surface area contributed by atoms with Crippen molar-refractivity contribution in [2.75, 3.05) is 0 Å². The first kappa shape index (κ1) is 15.4. The van der Waals surface area contributed by atoms with E-state index in [0.717, 1.165) is 36.5 Å². The standard InChI is InChI=1S/C14H19ClN6S/c1-8(2)7-20-12(15)11(9(3)19-20)6-16-21-13(10-4-5-10)17-18-14(21)22/h6,8,10H,4-5,7H2,1-3H3,(H,18,22). The van der Waals surface area contributed by atoms with E-state index in [1.807, 2.05) is 11.6 Å². The Morgan fingerprint density at radius 2 is 2.23 bits per heavy atom. The molecule has 22 heavy (non-hydrogen) atoms. The van der Waals surface area contributed by atoms with Crippen molar-refractivity contribution in [2.24, 2.45) is 11.0 Å².